The molecule has 0 aliphatic carbocycles. The maximum atomic E-state index is 9.28. The molecule has 0 aromatic rings. The van der Waals surface area contributed by atoms with Gasteiger partial charge in [0.15, 0.2) is 0 Å². The van der Waals surface area contributed by atoms with Crippen LogP contribution >= 0.6 is 0 Å². The molecule has 0 amide bonds. The van der Waals surface area contributed by atoms with Crippen LogP contribution in [0.5, 0.6) is 0 Å². The average molecular weight is 216 g/mol. The highest BCUT2D eigenvalue weighted by atomic mass is 16.3. The number of aliphatic hydroxyl groups is 1. The standard InChI is InChI=1S/C12H28N2O/c1-11(2)10-14(7-6-12(3)15)9-8-13(4)5/h11-12,15H,6-10H2,1-5H3. The minimum Gasteiger partial charge on any atom is -0.393 e. The molecular weight excluding hydrogens is 188 g/mol. The van der Waals surface area contributed by atoms with Crippen LogP contribution in [0.2, 0.25) is 0 Å². The monoisotopic (exact) mass is 216 g/mol. The molecular formula is C12H28N2O. The van der Waals surface area contributed by atoms with E-state index in [1.54, 1.807) is 0 Å². The first kappa shape index (κ1) is 14.9. The van der Waals surface area contributed by atoms with E-state index in [-0.39, 0.29) is 6.10 Å². The summed E-state index contributed by atoms with van der Waals surface area (Å²) in [6.07, 6.45) is 0.694. The van der Waals surface area contributed by atoms with Crippen LogP contribution < -0.4 is 0 Å². The molecule has 0 aromatic heterocycles. The van der Waals surface area contributed by atoms with E-state index >= 15 is 0 Å². The number of hydrogen-bond donors (Lipinski definition) is 1. The zero-order chi connectivity index (χ0) is 11.8. The van der Waals surface area contributed by atoms with Crippen molar-refractivity contribution in [3.63, 3.8) is 0 Å². The Morgan fingerprint density at radius 3 is 2.00 bits per heavy atom. The van der Waals surface area contributed by atoms with Crippen LogP contribution in [0.3, 0.4) is 0 Å². The van der Waals surface area contributed by atoms with Gasteiger partial charge < -0.3 is 14.9 Å². The molecule has 1 unspecified atom stereocenters. The van der Waals surface area contributed by atoms with Crippen LogP contribution in [0.25, 0.3) is 0 Å². The van der Waals surface area contributed by atoms with Crippen molar-refractivity contribution < 1.29 is 5.11 Å². The number of aliphatic hydroxyl groups excluding tert-OH is 1. The maximum Gasteiger partial charge on any atom is 0.0524 e. The molecule has 0 heterocycles. The van der Waals surface area contributed by atoms with Gasteiger partial charge in [0.2, 0.25) is 0 Å². The molecule has 0 saturated carbocycles. The molecule has 0 aliphatic rings. The van der Waals surface area contributed by atoms with Gasteiger partial charge in [-0.25, -0.2) is 0 Å². The van der Waals surface area contributed by atoms with Crippen molar-refractivity contribution in [3.8, 4) is 0 Å². The normalized spacial score (nSPS) is 14.2. The molecule has 3 nitrogen and oxygen atoms in total. The first-order valence-corrected chi connectivity index (χ1v) is 5.97. The summed E-state index contributed by atoms with van der Waals surface area (Å²) in [5.41, 5.74) is 0. The van der Waals surface area contributed by atoms with Crippen molar-refractivity contribution in [2.24, 2.45) is 5.92 Å². The predicted molar refractivity (Wildman–Crippen MR) is 66.1 cm³/mol. The molecule has 0 radical (unpaired) electrons. The molecule has 15 heavy (non-hydrogen) atoms. The van der Waals surface area contributed by atoms with Crippen LogP contribution in [0, 0.1) is 5.92 Å². The third kappa shape index (κ3) is 10.2. The van der Waals surface area contributed by atoms with Gasteiger partial charge in [0.1, 0.15) is 0 Å². The third-order valence-corrected chi connectivity index (χ3v) is 2.35. The molecule has 1 atom stereocenters. The van der Waals surface area contributed by atoms with Crippen LogP contribution in [0.4, 0.5) is 0 Å². The molecule has 0 bridgehead atoms. The van der Waals surface area contributed by atoms with Gasteiger partial charge in [0.05, 0.1) is 6.10 Å². The first-order valence-electron chi connectivity index (χ1n) is 5.97. The van der Waals surface area contributed by atoms with E-state index in [2.05, 4.69) is 37.7 Å². The van der Waals surface area contributed by atoms with Gasteiger partial charge in [0, 0.05) is 26.2 Å². The predicted octanol–water partition coefficient (Wildman–Crippen LogP) is 1.28. The van der Waals surface area contributed by atoms with Gasteiger partial charge in [-0.1, -0.05) is 13.8 Å². The Labute approximate surface area is 95.1 Å². The smallest absolute Gasteiger partial charge is 0.0524 e. The lowest BCUT2D eigenvalue weighted by atomic mass is 10.2. The molecule has 1 N–H and O–H groups in total. The van der Waals surface area contributed by atoms with Crippen molar-refractivity contribution in [2.75, 3.05) is 40.3 Å². The quantitative estimate of drug-likeness (QED) is 0.662. The Kier molecular flexibility index (Phi) is 8.02. The Morgan fingerprint density at radius 1 is 1.00 bits per heavy atom. The van der Waals surface area contributed by atoms with Gasteiger partial charge in [-0.05, 0) is 33.4 Å². The third-order valence-electron chi connectivity index (χ3n) is 2.35. The van der Waals surface area contributed by atoms with Crippen molar-refractivity contribution in [1.82, 2.24) is 9.80 Å². The number of likely N-dealkylation sites (N-methyl/N-ethyl adjacent to an activating group) is 1. The van der Waals surface area contributed by atoms with E-state index in [0.29, 0.717) is 5.92 Å². The van der Waals surface area contributed by atoms with E-state index in [4.69, 9.17) is 0 Å². The highest BCUT2D eigenvalue weighted by molar-refractivity contribution is 4.63. The van der Waals surface area contributed by atoms with Crippen LogP contribution in [-0.2, 0) is 0 Å². The van der Waals surface area contributed by atoms with Crippen LogP contribution in [0.15, 0.2) is 0 Å². The summed E-state index contributed by atoms with van der Waals surface area (Å²) in [6.45, 7) is 10.7. The van der Waals surface area contributed by atoms with Crippen LogP contribution in [0.1, 0.15) is 27.2 Å². The second-order valence-electron chi connectivity index (χ2n) is 5.14. The van der Waals surface area contributed by atoms with E-state index in [1.165, 1.54) is 0 Å². The molecule has 92 valence electrons. The van der Waals surface area contributed by atoms with Gasteiger partial charge in [-0.2, -0.15) is 0 Å². The van der Waals surface area contributed by atoms with Gasteiger partial charge in [-0.3, -0.25) is 0 Å². The van der Waals surface area contributed by atoms with Crippen LogP contribution in [-0.4, -0.2) is 61.3 Å². The fraction of sp³-hybridized carbons (Fsp3) is 1.00. The SMILES string of the molecule is CC(C)CN(CCC(C)O)CCN(C)C. The molecule has 0 fully saturated rings. The van der Waals surface area contributed by atoms with E-state index in [1.807, 2.05) is 6.92 Å². The topological polar surface area (TPSA) is 26.7 Å². The molecule has 0 saturated heterocycles. The summed E-state index contributed by atoms with van der Waals surface area (Å²) in [4.78, 5) is 4.65. The first-order chi connectivity index (χ1) is 6.91. The summed E-state index contributed by atoms with van der Waals surface area (Å²) < 4.78 is 0. The lowest BCUT2D eigenvalue weighted by molar-refractivity contribution is 0.145. The Balaban J connectivity index is 3.84. The van der Waals surface area contributed by atoms with Gasteiger partial charge in [0.25, 0.3) is 0 Å². The Hall–Kier alpha value is -0.120. The lowest BCUT2D eigenvalue weighted by Crippen LogP contribution is -2.36. The second-order valence-corrected chi connectivity index (χ2v) is 5.14. The van der Waals surface area contributed by atoms with E-state index in [0.717, 1.165) is 32.6 Å². The van der Waals surface area contributed by atoms with Gasteiger partial charge >= 0.3 is 0 Å². The fourth-order valence-corrected chi connectivity index (χ4v) is 1.52. The average Bonchev–Trinajstić information content (AvgIpc) is 2.08. The number of rotatable bonds is 8. The number of nitrogens with zero attached hydrogens (tertiary/aromatic N) is 2. The largest absolute Gasteiger partial charge is 0.393 e. The second kappa shape index (κ2) is 8.08. The highest BCUT2D eigenvalue weighted by Gasteiger charge is 2.08. The summed E-state index contributed by atoms with van der Waals surface area (Å²) in [6, 6.07) is 0. The summed E-state index contributed by atoms with van der Waals surface area (Å²) in [7, 11) is 4.20. The van der Waals surface area contributed by atoms with Crippen molar-refractivity contribution in [2.45, 2.75) is 33.3 Å². The minimum absolute atomic E-state index is 0.181. The van der Waals surface area contributed by atoms with E-state index < -0.39 is 0 Å². The maximum absolute atomic E-state index is 9.28. The summed E-state index contributed by atoms with van der Waals surface area (Å²) in [5, 5.41) is 9.28. The summed E-state index contributed by atoms with van der Waals surface area (Å²) >= 11 is 0. The Morgan fingerprint density at radius 2 is 1.60 bits per heavy atom. The zero-order valence-corrected chi connectivity index (χ0v) is 11.0. The molecule has 0 aromatic carbocycles. The summed E-state index contributed by atoms with van der Waals surface area (Å²) in [5.74, 6) is 0.696. The van der Waals surface area contributed by atoms with Gasteiger partial charge in [-0.15, -0.1) is 0 Å². The zero-order valence-electron chi connectivity index (χ0n) is 11.0. The van der Waals surface area contributed by atoms with Crippen molar-refractivity contribution in [3.05, 3.63) is 0 Å². The Bertz CT molecular complexity index is 135. The minimum atomic E-state index is -0.181. The molecule has 0 aliphatic heterocycles. The highest BCUT2D eigenvalue weighted by Crippen LogP contribution is 2.01. The van der Waals surface area contributed by atoms with Crippen molar-refractivity contribution in [1.29, 1.82) is 0 Å². The van der Waals surface area contributed by atoms with Crippen molar-refractivity contribution >= 4 is 0 Å². The molecule has 0 rings (SSSR count). The molecule has 0 spiro atoms. The lowest BCUT2D eigenvalue weighted by Gasteiger charge is -2.26. The number of hydrogen-bond acceptors (Lipinski definition) is 3. The van der Waals surface area contributed by atoms with E-state index in [9.17, 15) is 5.11 Å². The molecule has 3 heteroatoms. The fourth-order valence-electron chi connectivity index (χ4n) is 1.52.